The summed E-state index contributed by atoms with van der Waals surface area (Å²) in [6, 6.07) is 14.6. The highest BCUT2D eigenvalue weighted by Gasteiger charge is 2.78. The number of carbonyl (C=O) groups is 5. The molecule has 2 aromatic carbocycles. The van der Waals surface area contributed by atoms with Gasteiger partial charge in [-0.05, 0) is 63.5 Å². The molecule has 1 amide bonds. The number of esters is 3. The van der Waals surface area contributed by atoms with Gasteiger partial charge >= 0.3 is 24.0 Å². The average Bonchev–Trinajstić information content (AvgIpc) is 3.14. The largest absolute Gasteiger partial charge is 0.456 e. The van der Waals surface area contributed by atoms with Gasteiger partial charge in [-0.2, -0.15) is 0 Å². The first-order chi connectivity index (χ1) is 27.0. The van der Waals surface area contributed by atoms with E-state index in [0.717, 1.165) is 6.92 Å². The van der Waals surface area contributed by atoms with Crippen molar-refractivity contribution < 1.29 is 68.1 Å². The molecule has 4 aliphatic rings. The van der Waals surface area contributed by atoms with E-state index in [2.05, 4.69) is 5.32 Å². The number of ether oxygens (including phenoxy) is 5. The zero-order valence-corrected chi connectivity index (χ0v) is 33.9. The fourth-order valence-electron chi connectivity index (χ4n) is 9.56. The van der Waals surface area contributed by atoms with Crippen molar-refractivity contribution in [2.75, 3.05) is 6.61 Å². The van der Waals surface area contributed by atoms with E-state index in [-0.39, 0.29) is 29.7 Å². The Morgan fingerprint density at radius 1 is 0.948 bits per heavy atom. The van der Waals surface area contributed by atoms with Gasteiger partial charge in [0.05, 0.1) is 35.6 Å². The number of rotatable bonds is 8. The zero-order chi connectivity index (χ0) is 42.7. The molecular formula is C43H53NO14. The summed E-state index contributed by atoms with van der Waals surface area (Å²) in [5.74, 6) is -5.36. The summed E-state index contributed by atoms with van der Waals surface area (Å²) >= 11 is 0. The van der Waals surface area contributed by atoms with Crippen molar-refractivity contribution in [3.05, 3.63) is 82.9 Å². The summed E-state index contributed by atoms with van der Waals surface area (Å²) in [5.41, 5.74) is -8.14. The minimum Gasteiger partial charge on any atom is -0.456 e. The topological polar surface area (TPSA) is 224 Å². The fourth-order valence-corrected chi connectivity index (χ4v) is 9.56. The number of hydrogen-bond donors (Lipinski definition) is 5. The van der Waals surface area contributed by atoms with Gasteiger partial charge in [-0.15, -0.1) is 0 Å². The Labute approximate surface area is 336 Å². The first-order valence-corrected chi connectivity index (χ1v) is 19.3. The van der Waals surface area contributed by atoms with Crippen LogP contribution >= 0.6 is 0 Å². The van der Waals surface area contributed by atoms with E-state index in [1.165, 1.54) is 26.0 Å². The molecule has 0 radical (unpaired) electrons. The Balaban J connectivity index is 1.49. The second kappa shape index (κ2) is 15.2. The lowest BCUT2D eigenvalue weighted by atomic mass is 9.44. The number of Topliss-reactive ketones (excluding diaryl/α,β-unsaturated/α-hetero) is 1. The quantitative estimate of drug-likeness (QED) is 0.147. The molecule has 15 heteroatoms. The van der Waals surface area contributed by atoms with Crippen LogP contribution in [0, 0.1) is 16.7 Å². The molecule has 2 saturated carbocycles. The first kappa shape index (κ1) is 42.9. The molecule has 15 nitrogen and oxygen atoms in total. The SMILES string of the molecule is CC(=O)OC12CO[C@@H]1C[C@H](O)[C@@]1(C)C(=O)[C@H](O)C3=C(C)[C@@H](OC(=O)[C@H](O)C(NC(=O)OC(C)(C)C)c4ccccc4)C[C@@](O)(C(OC(=O)c4ccccc4)C21)C3(C)C. The van der Waals surface area contributed by atoms with E-state index < -0.39 is 112 Å². The molecule has 4 unspecified atom stereocenters. The van der Waals surface area contributed by atoms with E-state index >= 15 is 0 Å². The molecule has 0 spiro atoms. The van der Waals surface area contributed by atoms with Gasteiger partial charge in [0.2, 0.25) is 0 Å². The van der Waals surface area contributed by atoms with Gasteiger partial charge in [0.1, 0.15) is 35.6 Å². The van der Waals surface area contributed by atoms with Crippen molar-refractivity contribution in [2.24, 2.45) is 16.7 Å². The van der Waals surface area contributed by atoms with Gasteiger partial charge in [-0.1, -0.05) is 62.4 Å². The second-order valence-corrected chi connectivity index (χ2v) is 17.6. The van der Waals surface area contributed by atoms with Gasteiger partial charge in [-0.25, -0.2) is 14.4 Å². The van der Waals surface area contributed by atoms with E-state index in [0.29, 0.717) is 5.56 Å². The molecule has 11 atom stereocenters. The zero-order valence-electron chi connectivity index (χ0n) is 33.9. The van der Waals surface area contributed by atoms with Crippen molar-refractivity contribution in [1.82, 2.24) is 5.32 Å². The lowest BCUT2D eigenvalue weighted by molar-refractivity contribution is -0.346. The van der Waals surface area contributed by atoms with Crippen molar-refractivity contribution in [3.8, 4) is 0 Å². The van der Waals surface area contributed by atoms with E-state index in [4.69, 9.17) is 23.7 Å². The van der Waals surface area contributed by atoms with Gasteiger partial charge in [-0.3, -0.25) is 9.59 Å². The minimum absolute atomic E-state index is 0.0637. The van der Waals surface area contributed by atoms with Gasteiger partial charge < -0.3 is 49.4 Å². The van der Waals surface area contributed by atoms with Crippen LogP contribution in [-0.4, -0.2) is 110 Å². The lowest BCUT2D eigenvalue weighted by Gasteiger charge is -2.67. The summed E-state index contributed by atoms with van der Waals surface area (Å²) in [5, 5.41) is 51.6. The van der Waals surface area contributed by atoms with Crippen LogP contribution in [0.4, 0.5) is 4.79 Å². The molecule has 314 valence electrons. The van der Waals surface area contributed by atoms with Crippen LogP contribution in [0.15, 0.2) is 71.8 Å². The lowest BCUT2D eigenvalue weighted by Crippen LogP contribution is -2.81. The summed E-state index contributed by atoms with van der Waals surface area (Å²) in [7, 11) is 0. The van der Waals surface area contributed by atoms with Crippen LogP contribution in [0.2, 0.25) is 0 Å². The van der Waals surface area contributed by atoms with Crippen LogP contribution in [0.1, 0.15) is 90.2 Å². The number of alkyl carbamates (subject to hydrolysis) is 1. The Bertz CT molecular complexity index is 1980. The number of aliphatic hydroxyl groups excluding tert-OH is 3. The molecule has 2 aromatic rings. The van der Waals surface area contributed by atoms with Crippen LogP contribution in [0.25, 0.3) is 0 Å². The number of hydrogen-bond acceptors (Lipinski definition) is 14. The Hall–Kier alpha value is -4.67. The third-order valence-corrected chi connectivity index (χ3v) is 12.6. The van der Waals surface area contributed by atoms with E-state index in [1.54, 1.807) is 83.1 Å². The number of fused-ring (bicyclic) bond motifs is 5. The maximum atomic E-state index is 14.9. The Morgan fingerprint density at radius 3 is 2.10 bits per heavy atom. The molecule has 1 heterocycles. The summed E-state index contributed by atoms with van der Waals surface area (Å²) < 4.78 is 29.5. The highest BCUT2D eigenvalue weighted by molar-refractivity contribution is 5.94. The summed E-state index contributed by atoms with van der Waals surface area (Å²) in [4.78, 5) is 68.9. The normalized spacial score (nSPS) is 33.7. The third kappa shape index (κ3) is 7.10. The number of carbonyl (C=O) groups excluding carboxylic acids is 5. The molecule has 1 aliphatic heterocycles. The smallest absolute Gasteiger partial charge is 0.408 e. The molecular weight excluding hydrogens is 754 g/mol. The Morgan fingerprint density at radius 2 is 1.55 bits per heavy atom. The predicted octanol–water partition coefficient (Wildman–Crippen LogP) is 3.26. The maximum Gasteiger partial charge on any atom is 0.408 e. The molecule has 3 fully saturated rings. The standard InChI is InChI=1S/C43H53NO14/c1-22-26(55-37(51)32(48)30(24-15-11-9-12-16-24)44-38(52)58-39(3,4)5)20-43(53)35(56-36(50)25-17-13-10-14-18-25)33-41(8,34(49)31(47)29(22)40(43,6)7)27(46)19-28-42(33,21-54-28)57-23(2)45/h9-18,26-28,30-33,35,46-48,53H,19-21H2,1-8H3,(H,44,52)/t26-,27-,28+,30?,31+,32+,33?,35?,41+,42?,43+/m0/s1. The van der Waals surface area contributed by atoms with Crippen molar-refractivity contribution in [2.45, 2.75) is 128 Å². The van der Waals surface area contributed by atoms with Crippen molar-refractivity contribution in [1.29, 1.82) is 0 Å². The number of nitrogens with one attached hydrogen (secondary N) is 1. The number of ketones is 1. The Kier molecular flexibility index (Phi) is 11.2. The molecule has 2 bridgehead atoms. The monoisotopic (exact) mass is 807 g/mol. The number of benzene rings is 2. The molecule has 1 saturated heterocycles. The summed E-state index contributed by atoms with van der Waals surface area (Å²) in [6.45, 7) is 11.8. The van der Waals surface area contributed by atoms with Crippen LogP contribution in [0.3, 0.4) is 0 Å². The van der Waals surface area contributed by atoms with Gasteiger partial charge in [0.15, 0.2) is 17.5 Å². The third-order valence-electron chi connectivity index (χ3n) is 12.6. The van der Waals surface area contributed by atoms with E-state index in [1.807, 2.05) is 0 Å². The van der Waals surface area contributed by atoms with Gasteiger partial charge in [0, 0.05) is 25.2 Å². The first-order valence-electron chi connectivity index (χ1n) is 19.3. The maximum absolute atomic E-state index is 14.9. The van der Waals surface area contributed by atoms with E-state index in [9.17, 15) is 44.4 Å². The second-order valence-electron chi connectivity index (χ2n) is 17.6. The molecule has 3 aliphatic carbocycles. The molecule has 58 heavy (non-hydrogen) atoms. The minimum atomic E-state index is -2.35. The highest BCUT2D eigenvalue weighted by Crippen LogP contribution is 2.64. The van der Waals surface area contributed by atoms with Crippen LogP contribution in [-0.2, 0) is 38.1 Å². The van der Waals surface area contributed by atoms with Crippen LogP contribution in [0.5, 0.6) is 0 Å². The predicted molar refractivity (Wildman–Crippen MR) is 204 cm³/mol. The molecule has 0 aromatic heterocycles. The number of aliphatic hydroxyl groups is 4. The average molecular weight is 808 g/mol. The summed E-state index contributed by atoms with van der Waals surface area (Å²) in [6.07, 6.45) is -11.5. The van der Waals surface area contributed by atoms with Crippen LogP contribution < -0.4 is 5.32 Å². The van der Waals surface area contributed by atoms with Crippen molar-refractivity contribution in [3.63, 3.8) is 0 Å². The van der Waals surface area contributed by atoms with Gasteiger partial charge in [0.25, 0.3) is 0 Å². The molecule has 5 N–H and O–H groups in total. The molecule has 6 rings (SSSR count). The fraction of sp³-hybridized carbons (Fsp3) is 0.558. The highest BCUT2D eigenvalue weighted by atomic mass is 16.6. The number of amides is 1. The van der Waals surface area contributed by atoms with Crippen molar-refractivity contribution >= 4 is 29.8 Å².